The molecule has 31 heavy (non-hydrogen) atoms. The highest BCUT2D eigenvalue weighted by molar-refractivity contribution is 5.89. The molecule has 3 aliphatic rings. The number of hydrogen-bond donors (Lipinski definition) is 2. The van der Waals surface area contributed by atoms with Crippen LogP contribution in [-0.4, -0.2) is 51.7 Å². The van der Waals surface area contributed by atoms with Gasteiger partial charge in [0.15, 0.2) is 0 Å². The second-order valence-corrected chi connectivity index (χ2v) is 10.2. The second-order valence-electron chi connectivity index (χ2n) is 10.2. The Morgan fingerprint density at radius 2 is 1.74 bits per heavy atom. The van der Waals surface area contributed by atoms with E-state index in [-0.39, 0.29) is 23.7 Å². The van der Waals surface area contributed by atoms with Crippen molar-refractivity contribution < 1.29 is 34.0 Å². The molecule has 3 fully saturated rings. The summed E-state index contributed by atoms with van der Waals surface area (Å²) in [7, 11) is 0. The molecule has 1 aromatic rings. The molecule has 1 aliphatic heterocycles. The van der Waals surface area contributed by atoms with Crippen molar-refractivity contribution in [3.8, 4) is 5.75 Å². The molecule has 7 unspecified atom stereocenters. The summed E-state index contributed by atoms with van der Waals surface area (Å²) in [4.78, 5) is 24.9. The summed E-state index contributed by atoms with van der Waals surface area (Å²) in [6.45, 7) is 9.28. The standard InChI is InChI=1S/C24H32O7/c1-13(2)24(28)12-18(29-14(3)25)22(4)11-19-23(5,31-19)10-17(20(22)24)30-21(27)15-6-8-16(26)9-7-15/h6-9,13,17-20,26,28H,10-12H2,1-5H3. The molecule has 7 atom stereocenters. The van der Waals surface area contributed by atoms with Crippen LogP contribution in [0.1, 0.15) is 64.2 Å². The normalized spacial score (nSPS) is 41.1. The fourth-order valence-electron chi connectivity index (χ4n) is 5.96. The Bertz CT molecular complexity index is 880. The minimum Gasteiger partial charge on any atom is -0.508 e. The highest BCUT2D eigenvalue weighted by Crippen LogP contribution is 2.64. The van der Waals surface area contributed by atoms with Gasteiger partial charge in [0.2, 0.25) is 0 Å². The lowest BCUT2D eigenvalue weighted by Gasteiger charge is -2.44. The molecule has 2 aliphatic carbocycles. The van der Waals surface area contributed by atoms with Crippen molar-refractivity contribution in [3.05, 3.63) is 29.8 Å². The van der Waals surface area contributed by atoms with Gasteiger partial charge in [0.1, 0.15) is 18.0 Å². The summed E-state index contributed by atoms with van der Waals surface area (Å²) < 4.78 is 17.7. The number of carbonyl (C=O) groups is 2. The van der Waals surface area contributed by atoms with Crippen LogP contribution >= 0.6 is 0 Å². The van der Waals surface area contributed by atoms with Crippen molar-refractivity contribution in [2.45, 2.75) is 83.4 Å². The van der Waals surface area contributed by atoms with E-state index in [9.17, 15) is 19.8 Å². The van der Waals surface area contributed by atoms with Gasteiger partial charge >= 0.3 is 11.9 Å². The first-order valence-corrected chi connectivity index (χ1v) is 11.0. The number of carbonyl (C=O) groups excluding carboxylic acids is 2. The molecule has 1 heterocycles. The van der Waals surface area contributed by atoms with E-state index < -0.39 is 40.7 Å². The first kappa shape index (κ1) is 22.1. The van der Waals surface area contributed by atoms with Crippen molar-refractivity contribution >= 4 is 11.9 Å². The molecule has 0 bridgehead atoms. The van der Waals surface area contributed by atoms with Crippen molar-refractivity contribution in [1.29, 1.82) is 0 Å². The zero-order chi connectivity index (χ0) is 22.8. The Morgan fingerprint density at radius 1 is 1.10 bits per heavy atom. The smallest absolute Gasteiger partial charge is 0.338 e. The number of rotatable bonds is 4. The largest absolute Gasteiger partial charge is 0.508 e. The molecular formula is C24H32O7. The van der Waals surface area contributed by atoms with Crippen LogP contribution in [0.5, 0.6) is 5.75 Å². The Hall–Kier alpha value is -2.12. The fourth-order valence-corrected chi connectivity index (χ4v) is 5.96. The molecular weight excluding hydrogens is 400 g/mol. The second kappa shape index (κ2) is 7.20. The van der Waals surface area contributed by atoms with Crippen molar-refractivity contribution in [1.82, 2.24) is 0 Å². The van der Waals surface area contributed by atoms with Crippen molar-refractivity contribution in [3.63, 3.8) is 0 Å². The fraction of sp³-hybridized carbons (Fsp3) is 0.667. The number of hydrogen-bond acceptors (Lipinski definition) is 7. The molecule has 7 nitrogen and oxygen atoms in total. The zero-order valence-corrected chi connectivity index (χ0v) is 18.8. The number of epoxide rings is 1. The van der Waals surface area contributed by atoms with Crippen LogP contribution in [0.3, 0.4) is 0 Å². The lowest BCUT2D eigenvalue weighted by Crippen LogP contribution is -2.51. The zero-order valence-electron chi connectivity index (χ0n) is 18.8. The molecule has 0 spiro atoms. The molecule has 1 saturated heterocycles. The van der Waals surface area contributed by atoms with Gasteiger partial charge in [-0.2, -0.15) is 0 Å². The van der Waals surface area contributed by atoms with Gasteiger partial charge in [-0.05, 0) is 43.5 Å². The predicted molar refractivity (Wildman–Crippen MR) is 111 cm³/mol. The van der Waals surface area contributed by atoms with E-state index in [0.29, 0.717) is 24.8 Å². The van der Waals surface area contributed by atoms with E-state index in [1.165, 1.54) is 31.2 Å². The topological polar surface area (TPSA) is 106 Å². The Kier molecular flexibility index (Phi) is 5.13. The monoisotopic (exact) mass is 432 g/mol. The predicted octanol–water partition coefficient (Wildman–Crippen LogP) is 3.21. The summed E-state index contributed by atoms with van der Waals surface area (Å²) in [5.74, 6) is -1.39. The highest BCUT2D eigenvalue weighted by atomic mass is 16.6. The maximum absolute atomic E-state index is 13.0. The lowest BCUT2D eigenvalue weighted by molar-refractivity contribution is -0.155. The van der Waals surface area contributed by atoms with Gasteiger partial charge in [-0.15, -0.1) is 0 Å². The molecule has 0 amide bonds. The average molecular weight is 433 g/mol. The highest BCUT2D eigenvalue weighted by Gasteiger charge is 2.71. The van der Waals surface area contributed by atoms with Crippen molar-refractivity contribution in [2.24, 2.45) is 17.3 Å². The molecule has 0 radical (unpaired) electrons. The van der Waals surface area contributed by atoms with Gasteiger partial charge in [0, 0.05) is 31.1 Å². The number of aliphatic hydroxyl groups is 1. The van der Waals surface area contributed by atoms with Gasteiger partial charge in [-0.1, -0.05) is 20.8 Å². The van der Waals surface area contributed by atoms with Crippen LogP contribution in [0.2, 0.25) is 0 Å². The summed E-state index contributed by atoms with van der Waals surface area (Å²) >= 11 is 0. The molecule has 4 rings (SSSR count). The van der Waals surface area contributed by atoms with Gasteiger partial charge in [0.25, 0.3) is 0 Å². The summed E-state index contributed by atoms with van der Waals surface area (Å²) in [5, 5.41) is 21.4. The third-order valence-electron chi connectivity index (χ3n) is 7.81. The summed E-state index contributed by atoms with van der Waals surface area (Å²) in [6.07, 6.45) is 0.227. The van der Waals surface area contributed by atoms with E-state index >= 15 is 0 Å². The lowest BCUT2D eigenvalue weighted by atomic mass is 9.67. The molecule has 1 aromatic carbocycles. The van der Waals surface area contributed by atoms with Crippen LogP contribution in [0.15, 0.2) is 24.3 Å². The molecule has 7 heteroatoms. The Balaban J connectivity index is 1.73. The SMILES string of the molecule is CC(=O)OC1CC(O)(C(C)C)C2C(OC(=O)c3ccc(O)cc3)CC3(C)OC3CC12C. The first-order valence-electron chi connectivity index (χ1n) is 11.0. The summed E-state index contributed by atoms with van der Waals surface area (Å²) in [6, 6.07) is 5.89. The number of benzene rings is 1. The molecule has 0 aromatic heterocycles. The van der Waals surface area contributed by atoms with Crippen LogP contribution < -0.4 is 0 Å². The number of phenolic OH excluding ortho intramolecular Hbond substituents is 1. The van der Waals surface area contributed by atoms with E-state index in [0.717, 1.165) is 0 Å². The third kappa shape index (κ3) is 3.61. The van der Waals surface area contributed by atoms with Gasteiger partial charge < -0.3 is 24.4 Å². The maximum atomic E-state index is 13.0. The minimum atomic E-state index is -1.16. The van der Waals surface area contributed by atoms with Gasteiger partial charge in [0.05, 0.1) is 22.9 Å². The number of phenols is 1. The summed E-state index contributed by atoms with van der Waals surface area (Å²) in [5.41, 5.74) is -1.89. The first-order chi connectivity index (χ1) is 14.4. The quantitative estimate of drug-likeness (QED) is 0.556. The average Bonchev–Trinajstić information content (AvgIpc) is 3.23. The van der Waals surface area contributed by atoms with Gasteiger partial charge in [-0.25, -0.2) is 4.79 Å². The Morgan fingerprint density at radius 3 is 2.32 bits per heavy atom. The van der Waals surface area contributed by atoms with Gasteiger partial charge in [-0.3, -0.25) is 4.79 Å². The number of ether oxygens (including phenoxy) is 3. The molecule has 2 N–H and O–H groups in total. The van der Waals surface area contributed by atoms with Crippen LogP contribution in [0, 0.1) is 17.3 Å². The molecule has 2 saturated carbocycles. The molecule has 170 valence electrons. The number of fused-ring (bicyclic) bond motifs is 2. The minimum absolute atomic E-state index is 0.0371. The van der Waals surface area contributed by atoms with E-state index in [1.54, 1.807) is 0 Å². The van der Waals surface area contributed by atoms with E-state index in [2.05, 4.69) is 0 Å². The van der Waals surface area contributed by atoms with Crippen LogP contribution in [-0.2, 0) is 19.0 Å². The number of aromatic hydroxyl groups is 1. The van der Waals surface area contributed by atoms with E-state index in [1.807, 2.05) is 27.7 Å². The number of esters is 2. The van der Waals surface area contributed by atoms with Crippen LogP contribution in [0.4, 0.5) is 0 Å². The van der Waals surface area contributed by atoms with Crippen LogP contribution in [0.25, 0.3) is 0 Å². The maximum Gasteiger partial charge on any atom is 0.338 e. The van der Waals surface area contributed by atoms with Crippen molar-refractivity contribution in [2.75, 3.05) is 0 Å². The Labute approximate surface area is 182 Å². The third-order valence-corrected chi connectivity index (χ3v) is 7.81. The van der Waals surface area contributed by atoms with E-state index in [4.69, 9.17) is 14.2 Å².